The van der Waals surface area contributed by atoms with Crippen LogP contribution in [0.4, 0.5) is 0 Å². The van der Waals surface area contributed by atoms with Crippen molar-refractivity contribution in [1.29, 1.82) is 0 Å². The van der Waals surface area contributed by atoms with Crippen LogP contribution < -0.4 is 15.8 Å². The number of carbonyl (C=O) groups excluding carboxylic acids is 1. The first kappa shape index (κ1) is 15.8. The number of hydrogen-bond acceptors (Lipinski definition) is 3. The first-order chi connectivity index (χ1) is 10.2. The SMILES string of the molecule is COc1cccc([C@@H](C)NC(=O)C2CCCCC2CN)c1. The second-order valence-corrected chi connectivity index (χ2v) is 5.89. The zero-order valence-corrected chi connectivity index (χ0v) is 13.0. The number of rotatable bonds is 5. The lowest BCUT2D eigenvalue weighted by Gasteiger charge is -2.30. The van der Waals surface area contributed by atoms with E-state index in [4.69, 9.17) is 10.5 Å². The Hall–Kier alpha value is -1.55. The Morgan fingerprint density at radius 1 is 1.43 bits per heavy atom. The molecule has 0 heterocycles. The highest BCUT2D eigenvalue weighted by atomic mass is 16.5. The van der Waals surface area contributed by atoms with E-state index in [0.29, 0.717) is 12.5 Å². The standard InChI is InChI=1S/C17H26N2O2/c1-12(13-7-5-8-15(10-13)21-2)19-17(20)16-9-4-3-6-14(16)11-18/h5,7-8,10,12,14,16H,3-4,6,9,11,18H2,1-2H3,(H,19,20)/t12-,14?,16?/m1/s1. The normalized spacial score (nSPS) is 23.4. The van der Waals surface area contributed by atoms with Crippen LogP contribution in [0.1, 0.15) is 44.2 Å². The highest BCUT2D eigenvalue weighted by Crippen LogP contribution is 2.30. The average molecular weight is 290 g/mol. The second kappa shape index (κ2) is 7.46. The van der Waals surface area contributed by atoms with E-state index in [1.807, 2.05) is 31.2 Å². The zero-order chi connectivity index (χ0) is 15.2. The van der Waals surface area contributed by atoms with Crippen LogP contribution in [0.5, 0.6) is 5.75 Å². The molecule has 0 saturated heterocycles. The lowest BCUT2D eigenvalue weighted by molar-refractivity contribution is -0.128. The molecular formula is C17H26N2O2. The van der Waals surface area contributed by atoms with E-state index in [1.54, 1.807) is 7.11 Å². The summed E-state index contributed by atoms with van der Waals surface area (Å²) in [6.07, 6.45) is 4.35. The largest absolute Gasteiger partial charge is 0.497 e. The Kier molecular flexibility index (Phi) is 5.62. The highest BCUT2D eigenvalue weighted by Gasteiger charge is 2.30. The number of amides is 1. The summed E-state index contributed by atoms with van der Waals surface area (Å²) in [6.45, 7) is 2.61. The Bertz CT molecular complexity index is 476. The van der Waals surface area contributed by atoms with Crippen molar-refractivity contribution in [3.63, 3.8) is 0 Å². The van der Waals surface area contributed by atoms with Crippen molar-refractivity contribution in [2.24, 2.45) is 17.6 Å². The number of methoxy groups -OCH3 is 1. The van der Waals surface area contributed by atoms with Gasteiger partial charge < -0.3 is 15.8 Å². The zero-order valence-electron chi connectivity index (χ0n) is 13.0. The van der Waals surface area contributed by atoms with Gasteiger partial charge in [0.05, 0.1) is 13.2 Å². The topological polar surface area (TPSA) is 64.3 Å². The molecule has 4 nitrogen and oxygen atoms in total. The van der Waals surface area contributed by atoms with Crippen molar-refractivity contribution in [2.45, 2.75) is 38.6 Å². The minimum absolute atomic E-state index is 0.0204. The summed E-state index contributed by atoms with van der Waals surface area (Å²) in [4.78, 5) is 12.5. The molecule has 1 saturated carbocycles. The Morgan fingerprint density at radius 2 is 2.19 bits per heavy atom. The van der Waals surface area contributed by atoms with Gasteiger partial charge in [-0.15, -0.1) is 0 Å². The monoisotopic (exact) mass is 290 g/mol. The Balaban J connectivity index is 2.00. The predicted octanol–water partition coefficient (Wildman–Crippen LogP) is 2.64. The molecule has 0 aliphatic heterocycles. The van der Waals surface area contributed by atoms with Crippen LogP contribution in [-0.4, -0.2) is 19.6 Å². The van der Waals surface area contributed by atoms with Crippen molar-refractivity contribution in [3.05, 3.63) is 29.8 Å². The van der Waals surface area contributed by atoms with Gasteiger partial charge in [-0.3, -0.25) is 4.79 Å². The first-order valence-corrected chi connectivity index (χ1v) is 7.80. The third-order valence-corrected chi connectivity index (χ3v) is 4.50. The van der Waals surface area contributed by atoms with Gasteiger partial charge in [0, 0.05) is 5.92 Å². The van der Waals surface area contributed by atoms with Crippen molar-refractivity contribution >= 4 is 5.91 Å². The van der Waals surface area contributed by atoms with Gasteiger partial charge in [0.2, 0.25) is 5.91 Å². The fourth-order valence-electron chi connectivity index (χ4n) is 3.15. The number of carbonyl (C=O) groups is 1. The molecule has 3 atom stereocenters. The van der Waals surface area contributed by atoms with Gasteiger partial charge in [0.25, 0.3) is 0 Å². The fraction of sp³-hybridized carbons (Fsp3) is 0.588. The van der Waals surface area contributed by atoms with Gasteiger partial charge in [-0.2, -0.15) is 0 Å². The summed E-state index contributed by atoms with van der Waals surface area (Å²) in [5, 5.41) is 3.13. The molecule has 1 fully saturated rings. The van der Waals surface area contributed by atoms with Gasteiger partial charge in [-0.25, -0.2) is 0 Å². The lowest BCUT2D eigenvalue weighted by Crippen LogP contribution is -2.40. The molecule has 1 aliphatic rings. The molecule has 0 aromatic heterocycles. The van der Waals surface area contributed by atoms with E-state index in [2.05, 4.69) is 5.32 Å². The number of hydrogen-bond donors (Lipinski definition) is 2. The molecule has 1 amide bonds. The lowest BCUT2D eigenvalue weighted by atomic mass is 9.78. The second-order valence-electron chi connectivity index (χ2n) is 5.89. The number of benzene rings is 1. The van der Waals surface area contributed by atoms with Crippen molar-refractivity contribution in [1.82, 2.24) is 5.32 Å². The van der Waals surface area contributed by atoms with E-state index < -0.39 is 0 Å². The summed E-state index contributed by atoms with van der Waals surface area (Å²) in [6, 6.07) is 7.80. The third kappa shape index (κ3) is 3.97. The highest BCUT2D eigenvalue weighted by molar-refractivity contribution is 5.79. The molecule has 4 heteroatoms. The van der Waals surface area contributed by atoms with E-state index in [-0.39, 0.29) is 17.9 Å². The maximum absolute atomic E-state index is 12.5. The van der Waals surface area contributed by atoms with Crippen molar-refractivity contribution < 1.29 is 9.53 Å². The van der Waals surface area contributed by atoms with Crippen LogP contribution >= 0.6 is 0 Å². The van der Waals surface area contributed by atoms with Crippen LogP contribution in [0.2, 0.25) is 0 Å². The smallest absolute Gasteiger partial charge is 0.223 e. The Morgan fingerprint density at radius 3 is 2.90 bits per heavy atom. The summed E-state index contributed by atoms with van der Waals surface area (Å²) in [5.41, 5.74) is 6.87. The quantitative estimate of drug-likeness (QED) is 0.876. The molecular weight excluding hydrogens is 264 g/mol. The summed E-state index contributed by atoms with van der Waals surface area (Å²) in [5.74, 6) is 1.35. The maximum Gasteiger partial charge on any atom is 0.223 e. The van der Waals surface area contributed by atoms with Gasteiger partial charge in [0.1, 0.15) is 5.75 Å². The molecule has 2 rings (SSSR count). The minimum atomic E-state index is -0.0204. The van der Waals surface area contributed by atoms with Gasteiger partial charge in [-0.1, -0.05) is 25.0 Å². The molecule has 21 heavy (non-hydrogen) atoms. The molecule has 0 bridgehead atoms. The van der Waals surface area contributed by atoms with E-state index >= 15 is 0 Å². The maximum atomic E-state index is 12.5. The molecule has 0 radical (unpaired) electrons. The van der Waals surface area contributed by atoms with E-state index in [0.717, 1.165) is 30.6 Å². The van der Waals surface area contributed by atoms with Crippen LogP contribution in [0, 0.1) is 11.8 Å². The molecule has 1 aromatic carbocycles. The van der Waals surface area contributed by atoms with Crippen LogP contribution in [0.15, 0.2) is 24.3 Å². The van der Waals surface area contributed by atoms with E-state index in [1.165, 1.54) is 6.42 Å². The van der Waals surface area contributed by atoms with Gasteiger partial charge in [-0.05, 0) is 49.9 Å². The molecule has 3 N–H and O–H groups in total. The molecule has 116 valence electrons. The fourth-order valence-corrected chi connectivity index (χ4v) is 3.15. The van der Waals surface area contributed by atoms with Crippen LogP contribution in [0.25, 0.3) is 0 Å². The number of ether oxygens (including phenoxy) is 1. The Labute approximate surface area is 127 Å². The van der Waals surface area contributed by atoms with Crippen molar-refractivity contribution in [2.75, 3.05) is 13.7 Å². The molecule has 2 unspecified atom stereocenters. The average Bonchev–Trinajstić information content (AvgIpc) is 2.54. The molecule has 1 aromatic rings. The minimum Gasteiger partial charge on any atom is -0.497 e. The van der Waals surface area contributed by atoms with Crippen LogP contribution in [-0.2, 0) is 4.79 Å². The molecule has 0 spiro atoms. The van der Waals surface area contributed by atoms with Gasteiger partial charge >= 0.3 is 0 Å². The first-order valence-electron chi connectivity index (χ1n) is 7.80. The van der Waals surface area contributed by atoms with Crippen molar-refractivity contribution in [3.8, 4) is 5.75 Å². The number of nitrogens with one attached hydrogen (secondary N) is 1. The summed E-state index contributed by atoms with van der Waals surface area (Å²) >= 11 is 0. The predicted molar refractivity (Wildman–Crippen MR) is 84.1 cm³/mol. The summed E-state index contributed by atoms with van der Waals surface area (Å²) < 4.78 is 5.23. The third-order valence-electron chi connectivity index (χ3n) is 4.50. The van der Waals surface area contributed by atoms with E-state index in [9.17, 15) is 4.79 Å². The van der Waals surface area contributed by atoms with Crippen LogP contribution in [0.3, 0.4) is 0 Å². The number of nitrogens with two attached hydrogens (primary N) is 1. The van der Waals surface area contributed by atoms with Gasteiger partial charge in [0.15, 0.2) is 0 Å². The molecule has 1 aliphatic carbocycles. The summed E-state index contributed by atoms with van der Waals surface area (Å²) in [7, 11) is 1.65.